The third kappa shape index (κ3) is 4.73. The zero-order chi connectivity index (χ0) is 7.82. The van der Waals surface area contributed by atoms with Crippen LogP contribution in [0.15, 0.2) is 11.8 Å². The predicted molar refractivity (Wildman–Crippen MR) is 50.2 cm³/mol. The molecule has 0 aliphatic rings. The van der Waals surface area contributed by atoms with Crippen molar-refractivity contribution in [2.45, 2.75) is 19.0 Å². The van der Waals surface area contributed by atoms with Crippen LogP contribution in [-0.2, 0) is 0 Å². The molecular formula is C7H18N2Si. The van der Waals surface area contributed by atoms with Crippen molar-refractivity contribution < 1.29 is 0 Å². The van der Waals surface area contributed by atoms with Crippen LogP contribution in [0, 0.1) is 0 Å². The second kappa shape index (κ2) is 6.99. The van der Waals surface area contributed by atoms with Crippen LogP contribution in [0.5, 0.6) is 0 Å². The fourth-order valence-corrected chi connectivity index (χ4v) is 1.20. The molecule has 0 fully saturated rings. The first-order chi connectivity index (χ1) is 4.85. The molecule has 0 saturated heterocycles. The largest absolute Gasteiger partial charge is 0.305 e. The van der Waals surface area contributed by atoms with E-state index in [1.54, 1.807) is 0 Å². The molecule has 0 atom stereocenters. The van der Waals surface area contributed by atoms with E-state index >= 15 is 0 Å². The van der Waals surface area contributed by atoms with E-state index in [0.717, 1.165) is 0 Å². The normalized spacial score (nSPS) is 11.9. The fraction of sp³-hybridized carbons (Fsp3) is 0.714. The standard InChI is InChI=1S/C7H18N2Si/c1-8-7(9-2)5-3-4-6-10/h4,6-9H,3,5H2,1-2,10H3. The summed E-state index contributed by atoms with van der Waals surface area (Å²) >= 11 is 0. The van der Waals surface area contributed by atoms with E-state index < -0.39 is 0 Å². The highest BCUT2D eigenvalue weighted by atomic mass is 28.1. The van der Waals surface area contributed by atoms with Crippen molar-refractivity contribution in [3.63, 3.8) is 0 Å². The summed E-state index contributed by atoms with van der Waals surface area (Å²) in [6, 6.07) is 0. The quantitative estimate of drug-likeness (QED) is 0.413. The Morgan fingerprint density at radius 1 is 1.40 bits per heavy atom. The molecule has 2 N–H and O–H groups in total. The Morgan fingerprint density at radius 3 is 2.40 bits per heavy atom. The van der Waals surface area contributed by atoms with Crippen LogP contribution in [0.4, 0.5) is 0 Å². The molecule has 2 nitrogen and oxygen atoms in total. The average molecular weight is 158 g/mol. The van der Waals surface area contributed by atoms with Crippen molar-refractivity contribution in [1.29, 1.82) is 0 Å². The van der Waals surface area contributed by atoms with Gasteiger partial charge in [-0.25, -0.2) is 0 Å². The summed E-state index contributed by atoms with van der Waals surface area (Å²) in [5.41, 5.74) is 2.22. The molecule has 0 unspecified atom stereocenters. The van der Waals surface area contributed by atoms with E-state index in [0.29, 0.717) is 6.17 Å². The lowest BCUT2D eigenvalue weighted by Gasteiger charge is -2.12. The third-order valence-corrected chi connectivity index (χ3v) is 2.03. The number of hydrogen-bond acceptors (Lipinski definition) is 2. The molecule has 0 aromatic rings. The monoisotopic (exact) mass is 158 g/mol. The highest BCUT2D eigenvalue weighted by Gasteiger charge is 1.97. The Bertz CT molecular complexity index is 89.6. The van der Waals surface area contributed by atoms with Gasteiger partial charge in [-0.2, -0.15) is 0 Å². The Balaban J connectivity index is 3.25. The Labute approximate surface area is 66.5 Å². The number of hydrogen-bond donors (Lipinski definition) is 2. The maximum atomic E-state index is 3.18. The van der Waals surface area contributed by atoms with Gasteiger partial charge >= 0.3 is 0 Å². The van der Waals surface area contributed by atoms with Gasteiger partial charge in [0, 0.05) is 10.2 Å². The lowest BCUT2D eigenvalue weighted by atomic mass is 10.2. The minimum absolute atomic E-state index is 0.470. The molecule has 0 radical (unpaired) electrons. The van der Waals surface area contributed by atoms with E-state index in [9.17, 15) is 0 Å². The molecule has 0 bridgehead atoms. The molecule has 0 amide bonds. The maximum absolute atomic E-state index is 3.18. The van der Waals surface area contributed by atoms with Crippen LogP contribution in [0.3, 0.4) is 0 Å². The van der Waals surface area contributed by atoms with E-state index in [1.165, 1.54) is 23.1 Å². The number of allylic oxidation sites excluding steroid dienone is 1. The molecule has 0 rings (SSSR count). The van der Waals surface area contributed by atoms with Gasteiger partial charge in [0.2, 0.25) is 0 Å². The lowest BCUT2D eigenvalue weighted by molar-refractivity contribution is 0.466. The fourth-order valence-electron chi connectivity index (χ4n) is 0.863. The second-order valence-corrected chi connectivity index (χ2v) is 2.94. The van der Waals surface area contributed by atoms with Gasteiger partial charge in [0.1, 0.15) is 0 Å². The first kappa shape index (κ1) is 9.88. The van der Waals surface area contributed by atoms with Gasteiger partial charge in [-0.1, -0.05) is 6.08 Å². The SMILES string of the molecule is CNC(CCC=C[SiH3])NC. The van der Waals surface area contributed by atoms with Crippen LogP contribution < -0.4 is 10.6 Å². The van der Waals surface area contributed by atoms with Gasteiger partial charge < -0.3 is 10.6 Å². The predicted octanol–water partition coefficient (Wildman–Crippen LogP) is -0.589. The summed E-state index contributed by atoms with van der Waals surface area (Å²) in [7, 11) is 5.14. The van der Waals surface area contributed by atoms with Crippen molar-refractivity contribution in [2.75, 3.05) is 14.1 Å². The van der Waals surface area contributed by atoms with Crippen LogP contribution in [0.2, 0.25) is 0 Å². The number of nitrogens with one attached hydrogen (secondary N) is 2. The highest BCUT2D eigenvalue weighted by molar-refractivity contribution is 6.16. The topological polar surface area (TPSA) is 24.1 Å². The Morgan fingerprint density at radius 2 is 2.00 bits per heavy atom. The summed E-state index contributed by atoms with van der Waals surface area (Å²) in [5, 5.41) is 6.35. The smallest absolute Gasteiger partial charge is 0.0569 e. The van der Waals surface area contributed by atoms with Gasteiger partial charge in [0.05, 0.1) is 6.17 Å². The van der Waals surface area contributed by atoms with Crippen molar-refractivity contribution in [2.24, 2.45) is 0 Å². The molecule has 0 aromatic carbocycles. The Hall–Kier alpha value is -0.123. The molecule has 0 aromatic heterocycles. The summed E-state index contributed by atoms with van der Waals surface area (Å²) < 4.78 is 0. The Kier molecular flexibility index (Phi) is 6.90. The van der Waals surface area contributed by atoms with Crippen LogP contribution >= 0.6 is 0 Å². The van der Waals surface area contributed by atoms with Crippen LogP contribution in [0.1, 0.15) is 12.8 Å². The van der Waals surface area contributed by atoms with E-state index in [-0.39, 0.29) is 0 Å². The second-order valence-electron chi connectivity index (χ2n) is 2.28. The van der Waals surface area contributed by atoms with E-state index in [2.05, 4.69) is 22.4 Å². The molecule has 0 aliphatic heterocycles. The molecule has 0 spiro atoms. The van der Waals surface area contributed by atoms with Gasteiger partial charge in [0.25, 0.3) is 0 Å². The van der Waals surface area contributed by atoms with Gasteiger partial charge in [-0.15, -0.1) is 5.70 Å². The molecule has 3 heteroatoms. The van der Waals surface area contributed by atoms with Gasteiger partial charge in [-0.3, -0.25) is 0 Å². The summed E-state index contributed by atoms with van der Waals surface area (Å²) in [4.78, 5) is 0. The molecule has 10 heavy (non-hydrogen) atoms. The molecule has 0 heterocycles. The van der Waals surface area contributed by atoms with E-state index in [1.807, 2.05) is 14.1 Å². The summed E-state index contributed by atoms with van der Waals surface area (Å²) in [6.45, 7) is 0. The van der Waals surface area contributed by atoms with Gasteiger partial charge in [-0.05, 0) is 26.9 Å². The zero-order valence-electron chi connectivity index (χ0n) is 7.15. The highest BCUT2D eigenvalue weighted by Crippen LogP contribution is 1.93. The lowest BCUT2D eigenvalue weighted by Crippen LogP contribution is -2.37. The number of rotatable bonds is 5. The van der Waals surface area contributed by atoms with Crippen molar-refractivity contribution in [3.05, 3.63) is 11.8 Å². The third-order valence-electron chi connectivity index (χ3n) is 1.55. The minimum atomic E-state index is 0.470. The summed E-state index contributed by atoms with van der Waals surface area (Å²) in [6.07, 6.45) is 5.06. The average Bonchev–Trinajstić information content (AvgIpc) is 1.99. The van der Waals surface area contributed by atoms with Crippen molar-refractivity contribution in [1.82, 2.24) is 10.6 Å². The zero-order valence-corrected chi connectivity index (χ0v) is 9.15. The molecule has 0 aliphatic carbocycles. The first-order valence-corrected chi connectivity index (χ1v) is 4.96. The van der Waals surface area contributed by atoms with Crippen LogP contribution in [0.25, 0.3) is 0 Å². The molecule has 60 valence electrons. The molecule has 0 saturated carbocycles. The van der Waals surface area contributed by atoms with Crippen LogP contribution in [-0.4, -0.2) is 30.5 Å². The van der Waals surface area contributed by atoms with E-state index in [4.69, 9.17) is 0 Å². The first-order valence-electron chi connectivity index (χ1n) is 3.80. The maximum Gasteiger partial charge on any atom is 0.0569 e. The summed E-state index contributed by atoms with van der Waals surface area (Å²) in [5.74, 6) is 0. The van der Waals surface area contributed by atoms with Gasteiger partial charge in [0.15, 0.2) is 0 Å². The molecular weight excluding hydrogens is 140 g/mol. The minimum Gasteiger partial charge on any atom is -0.305 e. The van der Waals surface area contributed by atoms with Crippen molar-refractivity contribution >= 4 is 10.2 Å². The van der Waals surface area contributed by atoms with Crippen molar-refractivity contribution in [3.8, 4) is 0 Å².